The minimum absolute atomic E-state index is 0.0526. The molecule has 0 bridgehead atoms. The molecule has 0 amide bonds. The van der Waals surface area contributed by atoms with Crippen molar-refractivity contribution in [1.82, 2.24) is 0 Å². The largest absolute Gasteiger partial charge is 0.573 e. The summed E-state index contributed by atoms with van der Waals surface area (Å²) in [5.41, 5.74) is 2.21. The molecule has 1 atom stereocenters. The molecule has 35 heavy (non-hydrogen) atoms. The van der Waals surface area contributed by atoms with E-state index in [9.17, 15) is 31.1 Å². The quantitative estimate of drug-likeness (QED) is 0.307. The molecule has 0 aromatic heterocycles. The van der Waals surface area contributed by atoms with E-state index in [0.29, 0.717) is 34.2 Å². The van der Waals surface area contributed by atoms with Crippen molar-refractivity contribution < 1.29 is 35.9 Å². The fourth-order valence-corrected chi connectivity index (χ4v) is 3.90. The van der Waals surface area contributed by atoms with Gasteiger partial charge in [0.05, 0.1) is 5.56 Å². The highest BCUT2D eigenvalue weighted by Crippen LogP contribution is 2.36. The lowest BCUT2D eigenvalue weighted by molar-refractivity contribution is -0.274. The van der Waals surface area contributed by atoms with E-state index < -0.39 is 24.0 Å². The first-order valence-electron chi connectivity index (χ1n) is 10.9. The van der Waals surface area contributed by atoms with Crippen LogP contribution in [0.2, 0.25) is 0 Å². The Morgan fingerprint density at radius 3 is 1.66 bits per heavy atom. The number of carbonyl (C=O) groups excluding carboxylic acids is 1. The molecule has 0 aliphatic carbocycles. The number of Topliss-reactive ketones (excluding diaryl/α,β-unsaturated/α-hetero) is 1. The highest BCUT2D eigenvalue weighted by atomic mass is 19.4. The van der Waals surface area contributed by atoms with Gasteiger partial charge in [-0.05, 0) is 77.4 Å². The molecule has 0 aliphatic rings. The Hall–Kier alpha value is -3.29. The summed E-state index contributed by atoms with van der Waals surface area (Å²) in [6, 6.07) is 15.3. The molecule has 0 saturated heterocycles. The summed E-state index contributed by atoms with van der Waals surface area (Å²) in [4.78, 5) is 12.5. The molecule has 3 aromatic carbocycles. The zero-order valence-electron chi connectivity index (χ0n) is 19.3. The Bertz CT molecular complexity index is 1160. The second kappa shape index (κ2) is 10.1. The molecule has 2 nitrogen and oxygen atoms in total. The van der Waals surface area contributed by atoms with Gasteiger partial charge in [0.25, 0.3) is 0 Å². The van der Waals surface area contributed by atoms with Crippen LogP contribution in [0.15, 0.2) is 66.7 Å². The molecule has 0 unspecified atom stereocenters. The van der Waals surface area contributed by atoms with E-state index in [1.165, 1.54) is 43.3 Å². The molecular formula is C27H24F6O2. The fraction of sp³-hybridized carbons (Fsp3) is 0.296. The summed E-state index contributed by atoms with van der Waals surface area (Å²) in [6.07, 6.45) is -8.71. The van der Waals surface area contributed by atoms with E-state index in [2.05, 4.69) is 4.74 Å². The van der Waals surface area contributed by atoms with Gasteiger partial charge in [-0.3, -0.25) is 4.79 Å². The molecule has 3 rings (SSSR count). The van der Waals surface area contributed by atoms with E-state index in [4.69, 9.17) is 0 Å². The van der Waals surface area contributed by atoms with Crippen LogP contribution in [0.25, 0.3) is 22.3 Å². The third kappa shape index (κ3) is 7.10. The van der Waals surface area contributed by atoms with Crippen LogP contribution >= 0.6 is 0 Å². The van der Waals surface area contributed by atoms with Crippen molar-refractivity contribution in [1.29, 1.82) is 0 Å². The van der Waals surface area contributed by atoms with Gasteiger partial charge in [0.15, 0.2) is 0 Å². The number of halogens is 6. The molecule has 0 fully saturated rings. The predicted molar refractivity (Wildman–Crippen MR) is 122 cm³/mol. The molecule has 186 valence electrons. The monoisotopic (exact) mass is 494 g/mol. The molecule has 0 spiro atoms. The summed E-state index contributed by atoms with van der Waals surface area (Å²) in [5.74, 6) is -0.651. The summed E-state index contributed by atoms with van der Waals surface area (Å²) >= 11 is 0. The number of rotatable bonds is 7. The highest BCUT2D eigenvalue weighted by molar-refractivity contribution is 5.85. The molecule has 0 saturated carbocycles. The van der Waals surface area contributed by atoms with Crippen molar-refractivity contribution >= 4 is 5.78 Å². The van der Waals surface area contributed by atoms with Gasteiger partial charge in [-0.25, -0.2) is 0 Å². The highest BCUT2D eigenvalue weighted by Gasteiger charge is 2.31. The first-order valence-corrected chi connectivity index (χ1v) is 10.9. The minimum atomic E-state index is -4.82. The summed E-state index contributed by atoms with van der Waals surface area (Å²) in [6.45, 7) is 5.45. The van der Waals surface area contributed by atoms with Crippen molar-refractivity contribution in [3.05, 3.63) is 77.9 Å². The maximum Gasteiger partial charge on any atom is 0.573 e. The number of hydrogen-bond acceptors (Lipinski definition) is 2. The molecule has 3 aromatic rings. The number of ketones is 1. The van der Waals surface area contributed by atoms with Gasteiger partial charge in [0.2, 0.25) is 0 Å². The maximum absolute atomic E-state index is 13.0. The number of alkyl halides is 6. The van der Waals surface area contributed by atoms with Crippen LogP contribution in [-0.2, 0) is 11.0 Å². The number of carbonyl (C=O) groups is 1. The Balaban J connectivity index is 2.10. The van der Waals surface area contributed by atoms with Crippen LogP contribution in [0.5, 0.6) is 5.75 Å². The van der Waals surface area contributed by atoms with Gasteiger partial charge in [0.1, 0.15) is 11.5 Å². The Kier molecular flexibility index (Phi) is 7.62. The topological polar surface area (TPSA) is 26.3 Å². The Labute approximate surface area is 199 Å². The molecule has 0 N–H and O–H groups in total. The van der Waals surface area contributed by atoms with E-state index in [1.54, 1.807) is 18.2 Å². The summed E-state index contributed by atoms with van der Waals surface area (Å²) in [5, 5.41) is 0. The maximum atomic E-state index is 13.0. The molecule has 0 heterocycles. The van der Waals surface area contributed by atoms with Crippen molar-refractivity contribution in [2.24, 2.45) is 5.92 Å². The second-order valence-electron chi connectivity index (χ2n) is 8.78. The fourth-order valence-electron chi connectivity index (χ4n) is 3.90. The van der Waals surface area contributed by atoms with Crippen LogP contribution in [0, 0.1) is 5.92 Å². The van der Waals surface area contributed by atoms with Gasteiger partial charge in [-0.2, -0.15) is 13.2 Å². The smallest absolute Gasteiger partial charge is 0.406 e. The van der Waals surface area contributed by atoms with Gasteiger partial charge >= 0.3 is 12.5 Å². The number of benzene rings is 3. The normalized spacial score (nSPS) is 13.1. The van der Waals surface area contributed by atoms with E-state index in [1.807, 2.05) is 13.8 Å². The zero-order valence-corrected chi connectivity index (χ0v) is 19.3. The second-order valence-corrected chi connectivity index (χ2v) is 8.78. The molecule has 0 aliphatic heterocycles. The lowest BCUT2D eigenvalue weighted by Gasteiger charge is -2.19. The van der Waals surface area contributed by atoms with Crippen LogP contribution < -0.4 is 4.74 Å². The SMILES string of the molecule is CC(=O)[C@H](CC(C)C)c1cc(-c2ccc(OC(F)(F)F)cc2)cc(-c2ccc(C(F)(F)F)cc2)c1. The average molecular weight is 494 g/mol. The Morgan fingerprint density at radius 1 is 0.771 bits per heavy atom. The van der Waals surface area contributed by atoms with Gasteiger partial charge in [0, 0.05) is 5.92 Å². The molecule has 8 heteroatoms. The van der Waals surface area contributed by atoms with Gasteiger partial charge in [-0.15, -0.1) is 13.2 Å². The van der Waals surface area contributed by atoms with E-state index in [-0.39, 0.29) is 17.5 Å². The van der Waals surface area contributed by atoms with Crippen molar-refractivity contribution in [2.45, 2.75) is 45.6 Å². The zero-order chi connectivity index (χ0) is 26.0. The van der Waals surface area contributed by atoms with Crippen molar-refractivity contribution in [3.8, 4) is 28.0 Å². The van der Waals surface area contributed by atoms with Gasteiger partial charge < -0.3 is 4.74 Å². The van der Waals surface area contributed by atoms with Crippen LogP contribution in [-0.4, -0.2) is 12.1 Å². The summed E-state index contributed by atoms with van der Waals surface area (Å²) < 4.78 is 80.5. The molecule has 0 radical (unpaired) electrons. The number of hydrogen-bond donors (Lipinski definition) is 0. The standard InChI is InChI=1S/C27H24F6O2/c1-16(2)12-25(17(3)34)22-14-20(18-4-8-23(9-5-18)26(28,29)30)13-21(15-22)19-6-10-24(11-7-19)35-27(31,32)33/h4-11,13-16,25H,12H2,1-3H3/t25-/m0/s1. The molecular weight excluding hydrogens is 470 g/mol. The van der Waals surface area contributed by atoms with Crippen LogP contribution in [0.3, 0.4) is 0 Å². The minimum Gasteiger partial charge on any atom is -0.406 e. The van der Waals surface area contributed by atoms with Gasteiger partial charge in [-0.1, -0.05) is 50.2 Å². The lowest BCUT2D eigenvalue weighted by Crippen LogP contribution is -2.16. The predicted octanol–water partition coefficient (Wildman–Crippen LogP) is 8.66. The van der Waals surface area contributed by atoms with E-state index in [0.717, 1.165) is 12.1 Å². The van der Waals surface area contributed by atoms with Crippen LogP contribution in [0.1, 0.15) is 44.2 Å². The lowest BCUT2D eigenvalue weighted by atomic mass is 9.84. The third-order valence-electron chi connectivity index (χ3n) is 5.52. The average Bonchev–Trinajstić information content (AvgIpc) is 2.76. The van der Waals surface area contributed by atoms with Crippen LogP contribution in [0.4, 0.5) is 26.3 Å². The van der Waals surface area contributed by atoms with Crippen molar-refractivity contribution in [2.75, 3.05) is 0 Å². The first kappa shape index (κ1) is 26.3. The number of ether oxygens (including phenoxy) is 1. The summed E-state index contributed by atoms with van der Waals surface area (Å²) in [7, 11) is 0. The third-order valence-corrected chi connectivity index (χ3v) is 5.52. The first-order chi connectivity index (χ1) is 16.2. The van der Waals surface area contributed by atoms with Crippen molar-refractivity contribution in [3.63, 3.8) is 0 Å². The Morgan fingerprint density at radius 2 is 1.26 bits per heavy atom. The van der Waals surface area contributed by atoms with E-state index >= 15 is 0 Å².